The molecule has 4 aliphatic carbocycles. The summed E-state index contributed by atoms with van der Waals surface area (Å²) < 4.78 is 4.89. The van der Waals surface area contributed by atoms with Crippen molar-refractivity contribution in [3.8, 4) is 0 Å². The highest BCUT2D eigenvalue weighted by atomic mass is 32.1. The summed E-state index contributed by atoms with van der Waals surface area (Å²) in [6.07, 6.45) is 10.7. The second-order valence-electron chi connectivity index (χ2n) is 14.0. The van der Waals surface area contributed by atoms with Gasteiger partial charge in [0.05, 0.1) is 18.2 Å². The molecule has 0 saturated heterocycles. The van der Waals surface area contributed by atoms with Crippen LogP contribution >= 0.6 is 12.2 Å². The smallest absolute Gasteiger partial charge is 0.305 e. The van der Waals surface area contributed by atoms with Gasteiger partial charge in [0.25, 0.3) is 5.69 Å². The minimum absolute atomic E-state index is 0.0229. The summed E-state index contributed by atoms with van der Waals surface area (Å²) in [6.45, 7) is 7.15. The van der Waals surface area contributed by atoms with Gasteiger partial charge in [0.15, 0.2) is 0 Å². The van der Waals surface area contributed by atoms with Crippen molar-refractivity contribution in [3.05, 3.63) is 39.9 Å². The Balaban J connectivity index is 1.17. The molecule has 4 aliphatic rings. The van der Waals surface area contributed by atoms with Crippen LogP contribution in [0.15, 0.2) is 34.5 Å². The van der Waals surface area contributed by atoms with Gasteiger partial charge >= 0.3 is 5.97 Å². The van der Waals surface area contributed by atoms with Gasteiger partial charge < -0.3 is 4.74 Å². The molecule has 0 heterocycles. The van der Waals surface area contributed by atoms with E-state index in [4.69, 9.17) is 17.0 Å². The number of ether oxygens (including phenoxy) is 1. The number of esters is 1. The van der Waals surface area contributed by atoms with E-state index in [1.807, 2.05) is 0 Å². The van der Waals surface area contributed by atoms with Crippen LogP contribution < -0.4 is 10.9 Å². The average Bonchev–Trinajstić information content (AvgIpc) is 3.36. The third-order valence-electron chi connectivity index (χ3n) is 11.9. The fourth-order valence-corrected chi connectivity index (χ4v) is 9.56. The standard InChI is InChI=1S/C33H45N5O5S/c1-20(5-12-29(40)43-4)25-10-11-26-30-27(14-16-33(25,26)3)32(2)15-13-23(17-22(32)18-28(30)39)35-37-31(44)36-34-19-21-6-8-24(9-7-21)38(41)42/h6-9,19-20,22,25-27,30H,5,10-18H2,1-4H3,(H2,36,37,44)/b34-19+,35-23+/t20-,22+,25-,26+,27+,30+,32+,33-/m1/s1. The molecule has 4 fully saturated rings. The number of hydrogen-bond acceptors (Lipinski definition) is 8. The van der Waals surface area contributed by atoms with Crippen molar-refractivity contribution < 1.29 is 19.2 Å². The van der Waals surface area contributed by atoms with Crippen LogP contribution in [0.2, 0.25) is 0 Å². The summed E-state index contributed by atoms with van der Waals surface area (Å²) >= 11 is 5.33. The summed E-state index contributed by atoms with van der Waals surface area (Å²) in [5, 5.41) is 19.8. The van der Waals surface area contributed by atoms with E-state index in [0.29, 0.717) is 47.9 Å². The number of Topliss-reactive ketones (excluding diaryl/α,β-unsaturated/α-hetero) is 1. The summed E-state index contributed by atoms with van der Waals surface area (Å²) in [7, 11) is 1.45. The summed E-state index contributed by atoms with van der Waals surface area (Å²) in [5.74, 6) is 2.58. The second kappa shape index (κ2) is 13.0. The van der Waals surface area contributed by atoms with Crippen LogP contribution in [0.5, 0.6) is 0 Å². The summed E-state index contributed by atoms with van der Waals surface area (Å²) in [5.41, 5.74) is 7.68. The van der Waals surface area contributed by atoms with Crippen LogP contribution in [0, 0.1) is 56.5 Å². The zero-order valence-corrected chi connectivity index (χ0v) is 27.0. The number of rotatable bonds is 8. The molecule has 11 heteroatoms. The fraction of sp³-hybridized carbons (Fsp3) is 0.667. The lowest BCUT2D eigenvalue weighted by Crippen LogP contribution is -2.57. The van der Waals surface area contributed by atoms with Crippen molar-refractivity contribution >= 4 is 46.7 Å². The van der Waals surface area contributed by atoms with Crippen molar-refractivity contribution in [1.82, 2.24) is 10.9 Å². The maximum absolute atomic E-state index is 13.9. The lowest BCUT2D eigenvalue weighted by atomic mass is 9.44. The van der Waals surface area contributed by atoms with Crippen molar-refractivity contribution in [2.24, 2.45) is 56.5 Å². The van der Waals surface area contributed by atoms with E-state index in [9.17, 15) is 19.7 Å². The number of methoxy groups -OCH3 is 1. The van der Waals surface area contributed by atoms with Gasteiger partial charge in [0, 0.05) is 36.6 Å². The number of nitro benzene ring substituents is 1. The van der Waals surface area contributed by atoms with E-state index < -0.39 is 4.92 Å². The van der Waals surface area contributed by atoms with Crippen molar-refractivity contribution in [1.29, 1.82) is 0 Å². The van der Waals surface area contributed by atoms with Crippen LogP contribution in [0.4, 0.5) is 5.69 Å². The number of nitrogens with one attached hydrogen (secondary N) is 2. The average molecular weight is 624 g/mol. The predicted octanol–water partition coefficient (Wildman–Crippen LogP) is 6.18. The molecule has 44 heavy (non-hydrogen) atoms. The number of hydrogen-bond donors (Lipinski definition) is 2. The molecule has 0 radical (unpaired) electrons. The molecule has 4 saturated carbocycles. The molecule has 5 rings (SSSR count). The molecule has 8 atom stereocenters. The minimum Gasteiger partial charge on any atom is -0.469 e. The maximum Gasteiger partial charge on any atom is 0.305 e. The highest BCUT2D eigenvalue weighted by molar-refractivity contribution is 7.80. The van der Waals surface area contributed by atoms with Crippen molar-refractivity contribution in [2.45, 2.75) is 85.0 Å². The molecule has 0 aromatic heterocycles. The number of carbonyl (C=O) groups excluding carboxylic acids is 2. The molecule has 2 N–H and O–H groups in total. The number of hydrazone groups is 2. The van der Waals surface area contributed by atoms with Gasteiger partial charge in [0.2, 0.25) is 5.11 Å². The van der Waals surface area contributed by atoms with Gasteiger partial charge in [-0.1, -0.05) is 20.8 Å². The lowest BCUT2D eigenvalue weighted by Gasteiger charge is -2.60. The molecular formula is C33H45N5O5S. The quantitative estimate of drug-likeness (QED) is 0.115. The van der Waals surface area contributed by atoms with Gasteiger partial charge in [-0.2, -0.15) is 10.2 Å². The Morgan fingerprint density at radius 1 is 1.14 bits per heavy atom. The SMILES string of the molecule is COC(=O)CC[C@@H](C)[C@H]1CC[C@H]2[C@@H]3C(=O)C[C@@H]4C/C(=N/NC(=S)N/N=C/c5ccc([N+](=O)[O-])cc5)CC[C@]4(C)[C@H]3CC[C@]12C. The Morgan fingerprint density at radius 3 is 2.57 bits per heavy atom. The zero-order chi connectivity index (χ0) is 31.6. The molecule has 10 nitrogen and oxygen atoms in total. The van der Waals surface area contributed by atoms with Crippen molar-refractivity contribution in [3.63, 3.8) is 0 Å². The molecule has 0 spiro atoms. The number of carbonyl (C=O) groups is 2. The van der Waals surface area contributed by atoms with Gasteiger partial charge in [-0.3, -0.25) is 30.6 Å². The molecule has 0 unspecified atom stereocenters. The monoisotopic (exact) mass is 623 g/mol. The number of nitro groups is 1. The molecular weight excluding hydrogens is 578 g/mol. The summed E-state index contributed by atoms with van der Waals surface area (Å²) in [4.78, 5) is 36.1. The number of benzene rings is 1. The number of fused-ring (bicyclic) bond motifs is 5. The van der Waals surface area contributed by atoms with Crippen LogP contribution in [-0.4, -0.2) is 40.8 Å². The van der Waals surface area contributed by atoms with Crippen LogP contribution in [0.25, 0.3) is 0 Å². The second-order valence-corrected chi connectivity index (χ2v) is 14.4. The fourth-order valence-electron chi connectivity index (χ4n) is 9.47. The molecule has 0 aliphatic heterocycles. The van der Waals surface area contributed by atoms with Gasteiger partial charge in [-0.05, 0) is 122 Å². The van der Waals surface area contributed by atoms with E-state index in [0.717, 1.165) is 57.1 Å². The lowest BCUT2D eigenvalue weighted by molar-refractivity contribution is -0.384. The number of nitrogens with zero attached hydrogens (tertiary/aromatic N) is 3. The van der Waals surface area contributed by atoms with Gasteiger partial charge in [-0.15, -0.1) is 0 Å². The van der Waals surface area contributed by atoms with Crippen LogP contribution in [-0.2, 0) is 14.3 Å². The Hall–Kier alpha value is -3.21. The van der Waals surface area contributed by atoms with E-state index >= 15 is 0 Å². The van der Waals surface area contributed by atoms with E-state index in [1.54, 1.807) is 12.1 Å². The number of ketones is 1. The molecule has 0 bridgehead atoms. The Morgan fingerprint density at radius 2 is 1.86 bits per heavy atom. The highest BCUT2D eigenvalue weighted by Gasteiger charge is 2.62. The summed E-state index contributed by atoms with van der Waals surface area (Å²) in [6, 6.07) is 6.07. The largest absolute Gasteiger partial charge is 0.469 e. The molecule has 1 aromatic carbocycles. The molecule has 1 aromatic rings. The van der Waals surface area contributed by atoms with Crippen LogP contribution in [0.3, 0.4) is 0 Å². The first kappa shape index (κ1) is 32.2. The van der Waals surface area contributed by atoms with E-state index in [-0.39, 0.29) is 39.4 Å². The minimum atomic E-state index is -0.443. The Bertz CT molecular complexity index is 1350. The first-order valence-electron chi connectivity index (χ1n) is 15.9. The predicted molar refractivity (Wildman–Crippen MR) is 173 cm³/mol. The Kier molecular flexibility index (Phi) is 9.53. The first-order chi connectivity index (χ1) is 21.0. The maximum atomic E-state index is 13.9. The van der Waals surface area contributed by atoms with E-state index in [1.165, 1.54) is 25.5 Å². The normalized spacial score (nSPS) is 34.5. The first-order valence-corrected chi connectivity index (χ1v) is 16.4. The topological polar surface area (TPSA) is 135 Å². The van der Waals surface area contributed by atoms with Crippen LogP contribution in [0.1, 0.15) is 90.5 Å². The number of thiocarbonyl (C=S) groups is 1. The van der Waals surface area contributed by atoms with Gasteiger partial charge in [-0.25, -0.2) is 0 Å². The highest BCUT2D eigenvalue weighted by Crippen LogP contribution is 2.67. The number of non-ortho nitro benzene ring substituents is 1. The molecule has 238 valence electrons. The Labute approximate surface area is 265 Å². The zero-order valence-electron chi connectivity index (χ0n) is 26.2. The van der Waals surface area contributed by atoms with Gasteiger partial charge in [0.1, 0.15) is 5.78 Å². The molecule has 0 amide bonds. The third-order valence-corrected chi connectivity index (χ3v) is 12.1. The third kappa shape index (κ3) is 6.30. The van der Waals surface area contributed by atoms with Crippen molar-refractivity contribution in [2.75, 3.05) is 7.11 Å². The van der Waals surface area contributed by atoms with E-state index in [2.05, 4.69) is 41.8 Å².